The van der Waals surface area contributed by atoms with Crippen LogP contribution >= 0.6 is 7.37 Å². The Morgan fingerprint density at radius 3 is 2.33 bits per heavy atom. The quantitative estimate of drug-likeness (QED) is 0.108. The van der Waals surface area contributed by atoms with Crippen LogP contribution in [0.15, 0.2) is 30.3 Å². The smallest absolute Gasteiger partial charge is 0.548 e. The standard InChI is InChI=1S/C30H46NO7P.Na/c1-4-28(33)37-30(22(2)3)38-39(36,18-12-11-15-23-13-7-5-8-14-23)21-27(32)31-20-25(19-26(31)29(34)35)24-16-9-6-10-17-24;/h5,7-8,13-14,22,24-26,30H,4,6,9-12,15-21H2,1-3H3,(H,34,35);/q;+1/p-1/t25-,26+,30-,39+;/m1./s1. The van der Waals surface area contributed by atoms with Gasteiger partial charge in [0.1, 0.15) is 6.16 Å². The molecule has 0 spiro atoms. The molecule has 218 valence electrons. The Labute approximate surface area is 261 Å². The van der Waals surface area contributed by atoms with Crippen LogP contribution < -0.4 is 34.7 Å². The number of hydrogen-bond acceptors (Lipinski definition) is 7. The van der Waals surface area contributed by atoms with Crippen molar-refractivity contribution in [2.24, 2.45) is 17.8 Å². The van der Waals surface area contributed by atoms with Gasteiger partial charge < -0.3 is 19.5 Å². The van der Waals surface area contributed by atoms with E-state index in [0.717, 1.165) is 38.5 Å². The summed E-state index contributed by atoms with van der Waals surface area (Å²) in [6.07, 6.45) is 6.88. The molecule has 2 aliphatic rings. The van der Waals surface area contributed by atoms with E-state index in [1.165, 1.54) is 16.9 Å². The molecule has 40 heavy (non-hydrogen) atoms. The fraction of sp³-hybridized carbons (Fsp3) is 0.700. The first-order valence-corrected chi connectivity index (χ1v) is 16.6. The Kier molecular flexibility index (Phi) is 14.9. The van der Waals surface area contributed by atoms with Crippen LogP contribution in [0, 0.1) is 17.8 Å². The number of hydrogen-bond donors (Lipinski definition) is 0. The summed E-state index contributed by atoms with van der Waals surface area (Å²) in [5.41, 5.74) is 1.17. The third kappa shape index (κ3) is 10.6. The van der Waals surface area contributed by atoms with E-state index >= 15 is 0 Å². The van der Waals surface area contributed by atoms with E-state index in [1.807, 2.05) is 30.3 Å². The van der Waals surface area contributed by atoms with Crippen molar-refractivity contribution in [1.82, 2.24) is 4.90 Å². The molecule has 1 saturated heterocycles. The van der Waals surface area contributed by atoms with Crippen molar-refractivity contribution in [1.29, 1.82) is 0 Å². The molecule has 2 fully saturated rings. The second-order valence-electron chi connectivity index (χ2n) is 11.5. The van der Waals surface area contributed by atoms with Gasteiger partial charge in [0, 0.05) is 25.0 Å². The SMILES string of the molecule is CCC(=O)O[C@H](O[P@@](=O)(CCCCc1ccccc1)CC(=O)N1C[C@H](C2CCCCC2)C[C@H]1C(=O)[O-])C(C)C.[Na+]. The molecule has 8 nitrogen and oxygen atoms in total. The number of aliphatic carboxylic acids is 1. The third-order valence-corrected chi connectivity index (χ3v) is 10.4. The van der Waals surface area contributed by atoms with Gasteiger partial charge in [0.25, 0.3) is 0 Å². The van der Waals surface area contributed by atoms with Crippen molar-refractivity contribution in [2.75, 3.05) is 18.9 Å². The van der Waals surface area contributed by atoms with Crippen LogP contribution in [0.2, 0.25) is 0 Å². The Hall–Kier alpha value is -1.18. The second-order valence-corrected chi connectivity index (χ2v) is 14.1. The van der Waals surface area contributed by atoms with E-state index in [4.69, 9.17) is 9.26 Å². The number of aryl methyl sites for hydroxylation is 1. The first kappa shape index (κ1) is 35.0. The normalized spacial score (nSPS) is 21.9. The molecule has 0 bridgehead atoms. The zero-order valence-electron chi connectivity index (χ0n) is 24.7. The largest absolute Gasteiger partial charge is 1.00 e. The molecule has 10 heteroatoms. The molecule has 1 saturated carbocycles. The van der Waals surface area contributed by atoms with Gasteiger partial charge in [-0.1, -0.05) is 83.2 Å². The maximum Gasteiger partial charge on any atom is 1.00 e. The first-order valence-electron chi connectivity index (χ1n) is 14.6. The average Bonchev–Trinajstić information content (AvgIpc) is 3.38. The number of benzene rings is 1. The zero-order valence-corrected chi connectivity index (χ0v) is 27.6. The van der Waals surface area contributed by atoms with E-state index in [9.17, 15) is 24.1 Å². The summed E-state index contributed by atoms with van der Waals surface area (Å²) in [6.45, 7) is 5.62. The number of carbonyl (C=O) groups is 3. The van der Waals surface area contributed by atoms with Crippen molar-refractivity contribution in [2.45, 2.75) is 97.3 Å². The van der Waals surface area contributed by atoms with Crippen LogP contribution in [-0.2, 0) is 34.6 Å². The fourth-order valence-electron chi connectivity index (χ4n) is 5.79. The van der Waals surface area contributed by atoms with Crippen LogP contribution in [0.4, 0.5) is 0 Å². The van der Waals surface area contributed by atoms with Crippen LogP contribution in [0.5, 0.6) is 0 Å². The van der Waals surface area contributed by atoms with Crippen molar-refractivity contribution >= 4 is 25.2 Å². The van der Waals surface area contributed by atoms with Crippen molar-refractivity contribution in [3.63, 3.8) is 0 Å². The van der Waals surface area contributed by atoms with Gasteiger partial charge in [-0.2, -0.15) is 0 Å². The van der Waals surface area contributed by atoms with Crippen LogP contribution in [-0.4, -0.2) is 53.9 Å². The molecule has 1 heterocycles. The zero-order chi connectivity index (χ0) is 28.4. The van der Waals surface area contributed by atoms with Gasteiger partial charge in [-0.25, -0.2) is 0 Å². The van der Waals surface area contributed by atoms with E-state index in [2.05, 4.69) is 0 Å². The van der Waals surface area contributed by atoms with Gasteiger partial charge in [0.05, 0.1) is 12.0 Å². The third-order valence-electron chi connectivity index (χ3n) is 8.05. The molecular formula is C30H45NNaO7P. The van der Waals surface area contributed by atoms with Gasteiger partial charge in [-0.15, -0.1) is 0 Å². The minimum Gasteiger partial charge on any atom is -0.548 e. The Morgan fingerprint density at radius 2 is 1.73 bits per heavy atom. The Balaban J connectivity index is 0.00000560. The maximum absolute atomic E-state index is 14.2. The summed E-state index contributed by atoms with van der Waals surface area (Å²) >= 11 is 0. The number of rotatable bonds is 14. The number of carboxylic acid groups (broad SMARTS) is 1. The summed E-state index contributed by atoms with van der Waals surface area (Å²) < 4.78 is 25.6. The van der Waals surface area contributed by atoms with Crippen LogP contribution in [0.25, 0.3) is 0 Å². The average molecular weight is 586 g/mol. The summed E-state index contributed by atoms with van der Waals surface area (Å²) in [7, 11) is -3.62. The summed E-state index contributed by atoms with van der Waals surface area (Å²) in [4.78, 5) is 39.0. The van der Waals surface area contributed by atoms with Gasteiger partial charge in [-0.3, -0.25) is 18.7 Å². The monoisotopic (exact) mass is 585 g/mol. The summed E-state index contributed by atoms with van der Waals surface area (Å²) in [5.74, 6) is -1.99. The van der Waals surface area contributed by atoms with E-state index < -0.39 is 43.7 Å². The number of unbranched alkanes of at least 4 members (excludes halogenated alkanes) is 1. The molecule has 0 unspecified atom stereocenters. The van der Waals surface area contributed by atoms with Crippen molar-refractivity contribution in [3.8, 4) is 0 Å². The molecule has 0 N–H and O–H groups in total. The molecule has 1 amide bonds. The predicted molar refractivity (Wildman–Crippen MR) is 148 cm³/mol. The van der Waals surface area contributed by atoms with Crippen LogP contribution in [0.1, 0.15) is 84.1 Å². The number of nitrogens with zero attached hydrogens (tertiary/aromatic N) is 1. The molecular weight excluding hydrogens is 540 g/mol. The predicted octanol–water partition coefficient (Wildman–Crippen LogP) is 1.79. The summed E-state index contributed by atoms with van der Waals surface area (Å²) in [5, 5.41) is 12.0. The van der Waals surface area contributed by atoms with Gasteiger partial charge in [-0.05, 0) is 43.1 Å². The summed E-state index contributed by atoms with van der Waals surface area (Å²) in [6, 6.07) is 8.96. The molecule has 1 aromatic rings. The first-order chi connectivity index (χ1) is 18.6. The number of carbonyl (C=O) groups excluding carboxylic acids is 3. The number of carboxylic acids is 1. The van der Waals surface area contributed by atoms with E-state index in [-0.39, 0.29) is 54.0 Å². The second kappa shape index (κ2) is 17.1. The fourth-order valence-corrected chi connectivity index (χ4v) is 8.09. The molecule has 4 atom stereocenters. The Bertz CT molecular complexity index is 999. The van der Waals surface area contributed by atoms with Crippen molar-refractivity contribution < 1.29 is 62.9 Å². The topological polar surface area (TPSA) is 113 Å². The number of ether oxygens (including phenoxy) is 1. The number of amides is 1. The Morgan fingerprint density at radius 1 is 1.05 bits per heavy atom. The van der Waals surface area contributed by atoms with Gasteiger partial charge in [0.15, 0.2) is 0 Å². The minimum absolute atomic E-state index is 0. The molecule has 1 aliphatic heterocycles. The van der Waals surface area contributed by atoms with Gasteiger partial charge in [0.2, 0.25) is 19.6 Å². The van der Waals surface area contributed by atoms with E-state index in [0.29, 0.717) is 25.3 Å². The molecule has 0 radical (unpaired) electrons. The molecule has 0 aromatic heterocycles. The molecule has 1 aromatic carbocycles. The molecule has 3 rings (SSSR count). The van der Waals surface area contributed by atoms with Crippen LogP contribution in [0.3, 0.4) is 0 Å². The molecule has 1 aliphatic carbocycles. The maximum atomic E-state index is 14.2. The van der Waals surface area contributed by atoms with Crippen molar-refractivity contribution in [3.05, 3.63) is 35.9 Å². The number of likely N-dealkylation sites (tertiary alicyclic amines) is 1. The van der Waals surface area contributed by atoms with Gasteiger partial charge >= 0.3 is 35.5 Å². The van der Waals surface area contributed by atoms with E-state index in [1.54, 1.807) is 20.8 Å². The minimum atomic E-state index is -3.62. The number of esters is 1.